The molecule has 0 unspecified atom stereocenters. The van der Waals surface area contributed by atoms with Gasteiger partial charge in [0.05, 0.1) is 0 Å². The summed E-state index contributed by atoms with van der Waals surface area (Å²) in [7, 11) is 0. The van der Waals surface area contributed by atoms with Crippen LogP contribution in [0.1, 0.15) is 37.8 Å². The van der Waals surface area contributed by atoms with E-state index in [4.69, 9.17) is 0 Å². The molecular weight excluding hydrogens is 168 g/mol. The molecule has 1 aromatic rings. The molecule has 0 atom stereocenters. The molecule has 0 saturated heterocycles. The Balaban J connectivity index is 2.13. The molecule has 0 aromatic heterocycles. The Labute approximate surface area is 86.3 Å². The van der Waals surface area contributed by atoms with Crippen LogP contribution in [-0.4, -0.2) is 0 Å². The number of benzene rings is 1. The number of hydrogen-bond acceptors (Lipinski definition) is 0. The normalized spacial score (nSPS) is 25.9. The van der Waals surface area contributed by atoms with E-state index in [0.717, 1.165) is 0 Å². The molecule has 3 rings (SSSR count). The van der Waals surface area contributed by atoms with E-state index in [1.165, 1.54) is 19.3 Å². The average molecular weight is 185 g/mol. The minimum absolute atomic E-state index is 0.394. The standard InChI is InChI=1S/C14H17/c1-13(2)9-11-5-3-4-6-12(11)14(10-13)7-8-14/h3-6,10H,7-9H2,1-2H3. The minimum atomic E-state index is 0.394. The van der Waals surface area contributed by atoms with E-state index in [-0.39, 0.29) is 0 Å². The molecule has 1 spiro atoms. The Morgan fingerprint density at radius 1 is 1.07 bits per heavy atom. The molecule has 0 heterocycles. The Morgan fingerprint density at radius 3 is 2.50 bits per heavy atom. The van der Waals surface area contributed by atoms with Crippen LogP contribution in [0.3, 0.4) is 0 Å². The van der Waals surface area contributed by atoms with Crippen molar-refractivity contribution in [3.05, 3.63) is 41.8 Å². The summed E-state index contributed by atoms with van der Waals surface area (Å²) in [6.45, 7) is 4.73. The van der Waals surface area contributed by atoms with E-state index in [9.17, 15) is 0 Å². The van der Waals surface area contributed by atoms with Gasteiger partial charge >= 0.3 is 0 Å². The van der Waals surface area contributed by atoms with Crippen LogP contribution >= 0.6 is 0 Å². The van der Waals surface area contributed by atoms with Crippen molar-refractivity contribution in [2.75, 3.05) is 0 Å². The van der Waals surface area contributed by atoms with Gasteiger partial charge in [-0.05, 0) is 47.6 Å². The van der Waals surface area contributed by atoms with Crippen molar-refractivity contribution in [3.63, 3.8) is 0 Å². The monoisotopic (exact) mass is 185 g/mol. The molecule has 73 valence electrons. The maximum Gasteiger partial charge on any atom is -0.000702 e. The third-order valence-electron chi connectivity index (χ3n) is 3.66. The van der Waals surface area contributed by atoms with E-state index in [2.05, 4.69) is 44.5 Å². The molecule has 0 heteroatoms. The first-order valence-electron chi connectivity index (χ1n) is 5.57. The largest absolute Gasteiger partial charge is 0.0620 e. The maximum atomic E-state index is 2.60. The molecule has 0 N–H and O–H groups in total. The molecule has 1 fully saturated rings. The summed E-state index contributed by atoms with van der Waals surface area (Å²) in [4.78, 5) is 0. The highest BCUT2D eigenvalue weighted by Crippen LogP contribution is 2.58. The van der Waals surface area contributed by atoms with Gasteiger partial charge in [-0.3, -0.25) is 0 Å². The van der Waals surface area contributed by atoms with E-state index in [0.29, 0.717) is 10.8 Å². The third-order valence-corrected chi connectivity index (χ3v) is 3.66. The summed E-state index contributed by atoms with van der Waals surface area (Å²) in [6, 6.07) is 9.00. The van der Waals surface area contributed by atoms with Gasteiger partial charge in [-0.2, -0.15) is 0 Å². The molecule has 0 aliphatic heterocycles. The van der Waals surface area contributed by atoms with Gasteiger partial charge in [0.15, 0.2) is 0 Å². The van der Waals surface area contributed by atoms with E-state index in [1.807, 2.05) is 0 Å². The predicted molar refractivity (Wildman–Crippen MR) is 59.1 cm³/mol. The van der Waals surface area contributed by atoms with Crippen molar-refractivity contribution in [3.8, 4) is 0 Å². The first-order chi connectivity index (χ1) is 6.61. The second-order valence-corrected chi connectivity index (χ2v) is 5.62. The second-order valence-electron chi connectivity index (χ2n) is 5.62. The number of rotatable bonds is 0. The van der Waals surface area contributed by atoms with Gasteiger partial charge in [-0.15, -0.1) is 0 Å². The summed E-state index contributed by atoms with van der Waals surface area (Å²) in [5.41, 5.74) is 4.06. The Morgan fingerprint density at radius 2 is 1.79 bits per heavy atom. The smallest absolute Gasteiger partial charge is 0.000702 e. The molecule has 1 saturated carbocycles. The van der Waals surface area contributed by atoms with Crippen molar-refractivity contribution in [1.29, 1.82) is 0 Å². The quantitative estimate of drug-likeness (QED) is 0.580. The molecule has 1 radical (unpaired) electrons. The van der Waals surface area contributed by atoms with Gasteiger partial charge in [0.1, 0.15) is 0 Å². The van der Waals surface area contributed by atoms with Crippen LogP contribution in [-0.2, 0) is 11.8 Å². The SMILES string of the molecule is CC1(C)[CH]C2(CC2)c2ccccc2C1. The van der Waals surface area contributed by atoms with Gasteiger partial charge in [-0.25, -0.2) is 0 Å². The number of fused-ring (bicyclic) bond motifs is 2. The summed E-state index contributed by atoms with van der Waals surface area (Å²) >= 11 is 0. The maximum absolute atomic E-state index is 2.60. The average Bonchev–Trinajstić information content (AvgIpc) is 2.83. The lowest BCUT2D eigenvalue weighted by molar-refractivity contribution is 0.373. The van der Waals surface area contributed by atoms with Crippen molar-refractivity contribution in [2.24, 2.45) is 5.41 Å². The molecule has 2 aliphatic carbocycles. The van der Waals surface area contributed by atoms with Crippen LogP contribution < -0.4 is 0 Å². The van der Waals surface area contributed by atoms with E-state index in [1.54, 1.807) is 11.1 Å². The molecule has 1 aromatic carbocycles. The molecule has 0 amide bonds. The fourth-order valence-corrected chi connectivity index (χ4v) is 3.08. The lowest BCUT2D eigenvalue weighted by Gasteiger charge is -2.37. The lowest BCUT2D eigenvalue weighted by Crippen LogP contribution is -2.30. The highest BCUT2D eigenvalue weighted by atomic mass is 14.5. The minimum Gasteiger partial charge on any atom is -0.0620 e. The highest BCUT2D eigenvalue weighted by molar-refractivity contribution is 5.46. The van der Waals surface area contributed by atoms with Gasteiger partial charge < -0.3 is 0 Å². The zero-order valence-electron chi connectivity index (χ0n) is 9.01. The Bertz CT molecular complexity index is 369. The molecular formula is C14H17. The molecule has 2 aliphatic rings. The van der Waals surface area contributed by atoms with Gasteiger partial charge in [0.25, 0.3) is 0 Å². The summed E-state index contributed by atoms with van der Waals surface area (Å²) in [6.07, 6.45) is 6.55. The van der Waals surface area contributed by atoms with Gasteiger partial charge in [0, 0.05) is 0 Å². The van der Waals surface area contributed by atoms with Crippen molar-refractivity contribution in [2.45, 2.75) is 38.5 Å². The van der Waals surface area contributed by atoms with E-state index < -0.39 is 0 Å². The van der Waals surface area contributed by atoms with Crippen LogP contribution in [0.4, 0.5) is 0 Å². The van der Waals surface area contributed by atoms with Crippen molar-refractivity contribution >= 4 is 0 Å². The lowest BCUT2D eigenvalue weighted by atomic mass is 9.67. The zero-order chi connectivity index (χ0) is 9.81. The highest BCUT2D eigenvalue weighted by Gasteiger charge is 2.51. The topological polar surface area (TPSA) is 0 Å². The van der Waals surface area contributed by atoms with Crippen LogP contribution in [0.2, 0.25) is 0 Å². The van der Waals surface area contributed by atoms with Crippen LogP contribution in [0.5, 0.6) is 0 Å². The van der Waals surface area contributed by atoms with Crippen molar-refractivity contribution in [1.82, 2.24) is 0 Å². The van der Waals surface area contributed by atoms with Gasteiger partial charge in [-0.1, -0.05) is 38.1 Å². The Kier molecular flexibility index (Phi) is 1.47. The fourth-order valence-electron chi connectivity index (χ4n) is 3.08. The van der Waals surface area contributed by atoms with E-state index >= 15 is 0 Å². The Hall–Kier alpha value is -0.780. The van der Waals surface area contributed by atoms with Crippen molar-refractivity contribution < 1.29 is 0 Å². The molecule has 0 bridgehead atoms. The third kappa shape index (κ3) is 1.13. The molecule has 14 heavy (non-hydrogen) atoms. The number of hydrogen-bond donors (Lipinski definition) is 0. The van der Waals surface area contributed by atoms with Crippen LogP contribution in [0.25, 0.3) is 0 Å². The summed E-state index contributed by atoms with van der Waals surface area (Å²) in [5, 5.41) is 0. The predicted octanol–water partition coefficient (Wildman–Crippen LogP) is 3.50. The van der Waals surface area contributed by atoms with Crippen LogP contribution in [0, 0.1) is 11.8 Å². The second kappa shape index (κ2) is 2.42. The fraction of sp³-hybridized carbons (Fsp3) is 0.500. The van der Waals surface area contributed by atoms with Crippen LogP contribution in [0.15, 0.2) is 24.3 Å². The summed E-state index contributed by atoms with van der Waals surface area (Å²) < 4.78 is 0. The zero-order valence-corrected chi connectivity index (χ0v) is 9.01. The summed E-state index contributed by atoms with van der Waals surface area (Å²) in [5.74, 6) is 0. The molecule has 0 nitrogen and oxygen atoms in total. The first kappa shape index (κ1) is 8.52. The van der Waals surface area contributed by atoms with Gasteiger partial charge in [0.2, 0.25) is 0 Å². The first-order valence-corrected chi connectivity index (χ1v) is 5.57.